The van der Waals surface area contributed by atoms with Crippen LogP contribution in [-0.2, 0) is 0 Å². The standard InChI is InChI=1S/C14H15FN2O/c1-10(16-2)11-6-5-9-17-14(11)18-13-8-4-3-7-12(13)15/h3-10,16H,1-2H3. The van der Waals surface area contributed by atoms with Gasteiger partial charge >= 0.3 is 0 Å². The highest BCUT2D eigenvalue weighted by molar-refractivity contribution is 5.34. The lowest BCUT2D eigenvalue weighted by atomic mass is 10.1. The molecule has 0 fully saturated rings. The van der Waals surface area contributed by atoms with Crippen LogP contribution in [0.4, 0.5) is 4.39 Å². The normalized spacial score (nSPS) is 12.2. The summed E-state index contributed by atoms with van der Waals surface area (Å²) in [6, 6.07) is 10.1. The first-order valence-electron chi connectivity index (χ1n) is 5.77. The van der Waals surface area contributed by atoms with Crippen molar-refractivity contribution in [2.75, 3.05) is 7.05 Å². The molecule has 0 aliphatic carbocycles. The zero-order valence-electron chi connectivity index (χ0n) is 10.4. The van der Waals surface area contributed by atoms with Crippen LogP contribution in [0.15, 0.2) is 42.6 Å². The number of hydrogen-bond donors (Lipinski definition) is 1. The zero-order chi connectivity index (χ0) is 13.0. The van der Waals surface area contributed by atoms with E-state index in [1.165, 1.54) is 6.07 Å². The van der Waals surface area contributed by atoms with E-state index in [9.17, 15) is 4.39 Å². The number of nitrogens with one attached hydrogen (secondary N) is 1. The summed E-state index contributed by atoms with van der Waals surface area (Å²) in [5.74, 6) is 0.205. The fraction of sp³-hybridized carbons (Fsp3) is 0.214. The monoisotopic (exact) mass is 246 g/mol. The van der Waals surface area contributed by atoms with Gasteiger partial charge < -0.3 is 10.1 Å². The van der Waals surface area contributed by atoms with Crippen LogP contribution in [0, 0.1) is 5.82 Å². The maximum absolute atomic E-state index is 13.5. The molecule has 0 saturated carbocycles. The average Bonchev–Trinajstić information content (AvgIpc) is 2.41. The summed E-state index contributed by atoms with van der Waals surface area (Å²) in [5, 5.41) is 3.11. The Labute approximate surface area is 106 Å². The molecule has 2 aromatic rings. The van der Waals surface area contributed by atoms with Gasteiger partial charge in [0.25, 0.3) is 0 Å². The Kier molecular flexibility index (Phi) is 3.89. The number of aromatic nitrogens is 1. The Balaban J connectivity index is 2.32. The third-order valence-corrected chi connectivity index (χ3v) is 2.74. The molecule has 0 aliphatic heterocycles. The number of nitrogens with zero attached hydrogens (tertiary/aromatic N) is 1. The number of rotatable bonds is 4. The van der Waals surface area contributed by atoms with Crippen molar-refractivity contribution in [1.82, 2.24) is 10.3 Å². The SMILES string of the molecule is CNC(C)c1cccnc1Oc1ccccc1F. The third-order valence-electron chi connectivity index (χ3n) is 2.74. The van der Waals surface area contributed by atoms with E-state index in [1.807, 2.05) is 26.1 Å². The average molecular weight is 246 g/mol. The summed E-state index contributed by atoms with van der Waals surface area (Å²) in [6.07, 6.45) is 1.63. The van der Waals surface area contributed by atoms with Crippen LogP contribution in [0.3, 0.4) is 0 Å². The second kappa shape index (κ2) is 5.60. The predicted octanol–water partition coefficient (Wildman–Crippen LogP) is 3.29. The van der Waals surface area contributed by atoms with Gasteiger partial charge in [0.15, 0.2) is 11.6 Å². The van der Waals surface area contributed by atoms with Gasteiger partial charge in [-0.05, 0) is 32.2 Å². The first kappa shape index (κ1) is 12.5. The zero-order valence-corrected chi connectivity index (χ0v) is 10.4. The van der Waals surface area contributed by atoms with Crippen LogP contribution in [0.25, 0.3) is 0 Å². The molecular weight excluding hydrogens is 231 g/mol. The van der Waals surface area contributed by atoms with Crippen molar-refractivity contribution >= 4 is 0 Å². The number of benzene rings is 1. The molecule has 1 aromatic heterocycles. The van der Waals surface area contributed by atoms with Crippen LogP contribution < -0.4 is 10.1 Å². The third kappa shape index (κ3) is 2.65. The molecule has 1 unspecified atom stereocenters. The number of hydrogen-bond acceptors (Lipinski definition) is 3. The van der Waals surface area contributed by atoms with E-state index in [4.69, 9.17) is 4.74 Å². The van der Waals surface area contributed by atoms with E-state index in [0.717, 1.165) is 5.56 Å². The highest BCUT2D eigenvalue weighted by Crippen LogP contribution is 2.28. The van der Waals surface area contributed by atoms with Gasteiger partial charge in [-0.25, -0.2) is 9.37 Å². The van der Waals surface area contributed by atoms with E-state index in [0.29, 0.717) is 5.88 Å². The molecule has 0 bridgehead atoms. The summed E-state index contributed by atoms with van der Waals surface area (Å²) in [7, 11) is 1.85. The fourth-order valence-corrected chi connectivity index (χ4v) is 1.61. The summed E-state index contributed by atoms with van der Waals surface area (Å²) in [5.41, 5.74) is 0.892. The Morgan fingerprint density at radius 2 is 2.00 bits per heavy atom. The van der Waals surface area contributed by atoms with Crippen LogP contribution in [0.5, 0.6) is 11.6 Å². The molecule has 3 nitrogen and oxygen atoms in total. The first-order chi connectivity index (χ1) is 8.72. The highest BCUT2D eigenvalue weighted by atomic mass is 19.1. The topological polar surface area (TPSA) is 34.2 Å². The Morgan fingerprint density at radius 3 is 2.72 bits per heavy atom. The largest absolute Gasteiger partial charge is 0.436 e. The van der Waals surface area contributed by atoms with Crippen molar-refractivity contribution in [3.63, 3.8) is 0 Å². The van der Waals surface area contributed by atoms with E-state index in [2.05, 4.69) is 10.3 Å². The lowest BCUT2D eigenvalue weighted by molar-refractivity contribution is 0.416. The number of para-hydroxylation sites is 1. The molecule has 0 spiro atoms. The van der Waals surface area contributed by atoms with Crippen LogP contribution in [0.2, 0.25) is 0 Å². The molecule has 2 rings (SSSR count). The molecule has 0 saturated heterocycles. The molecule has 18 heavy (non-hydrogen) atoms. The fourth-order valence-electron chi connectivity index (χ4n) is 1.61. The van der Waals surface area contributed by atoms with Crippen molar-refractivity contribution in [3.8, 4) is 11.6 Å². The molecule has 1 aromatic carbocycles. The minimum absolute atomic E-state index is 0.0838. The molecular formula is C14H15FN2O. The molecule has 0 radical (unpaired) electrons. The van der Waals surface area contributed by atoms with Gasteiger partial charge in [-0.15, -0.1) is 0 Å². The highest BCUT2D eigenvalue weighted by Gasteiger charge is 2.13. The van der Waals surface area contributed by atoms with Crippen molar-refractivity contribution < 1.29 is 9.13 Å². The van der Waals surface area contributed by atoms with Crippen LogP contribution in [-0.4, -0.2) is 12.0 Å². The minimum Gasteiger partial charge on any atom is -0.436 e. The smallest absolute Gasteiger partial charge is 0.224 e. The number of halogens is 1. The van der Waals surface area contributed by atoms with E-state index in [1.54, 1.807) is 24.4 Å². The van der Waals surface area contributed by atoms with E-state index in [-0.39, 0.29) is 11.8 Å². The van der Waals surface area contributed by atoms with Crippen molar-refractivity contribution in [2.45, 2.75) is 13.0 Å². The van der Waals surface area contributed by atoms with E-state index >= 15 is 0 Å². The van der Waals surface area contributed by atoms with Crippen molar-refractivity contribution in [3.05, 3.63) is 54.0 Å². The van der Waals surface area contributed by atoms with Gasteiger partial charge in [-0.3, -0.25) is 0 Å². The summed E-state index contributed by atoms with van der Waals surface area (Å²) in [6.45, 7) is 1.99. The Bertz CT molecular complexity index is 531. The van der Waals surface area contributed by atoms with E-state index < -0.39 is 5.82 Å². The number of pyridine rings is 1. The Morgan fingerprint density at radius 1 is 1.22 bits per heavy atom. The molecule has 1 N–H and O–H groups in total. The predicted molar refractivity (Wildman–Crippen MR) is 68.2 cm³/mol. The van der Waals surface area contributed by atoms with Gasteiger partial charge in [0.1, 0.15) is 0 Å². The van der Waals surface area contributed by atoms with Gasteiger partial charge in [0, 0.05) is 17.8 Å². The molecule has 1 heterocycles. The quantitative estimate of drug-likeness (QED) is 0.898. The summed E-state index contributed by atoms with van der Waals surface area (Å²) >= 11 is 0. The summed E-state index contributed by atoms with van der Waals surface area (Å²) < 4.78 is 19.1. The second-order valence-corrected chi connectivity index (χ2v) is 3.94. The van der Waals surface area contributed by atoms with Gasteiger partial charge in [0.05, 0.1) is 0 Å². The summed E-state index contributed by atoms with van der Waals surface area (Å²) in [4.78, 5) is 4.16. The lowest BCUT2D eigenvalue weighted by Gasteiger charge is -2.15. The maximum Gasteiger partial charge on any atom is 0.224 e. The van der Waals surface area contributed by atoms with Crippen LogP contribution >= 0.6 is 0 Å². The van der Waals surface area contributed by atoms with Crippen LogP contribution in [0.1, 0.15) is 18.5 Å². The van der Waals surface area contributed by atoms with Gasteiger partial charge in [-0.2, -0.15) is 0 Å². The number of ether oxygens (including phenoxy) is 1. The molecule has 1 atom stereocenters. The first-order valence-corrected chi connectivity index (χ1v) is 5.77. The molecule has 0 aliphatic rings. The molecule has 4 heteroatoms. The minimum atomic E-state index is -0.397. The maximum atomic E-state index is 13.5. The van der Waals surface area contributed by atoms with Crippen molar-refractivity contribution in [1.29, 1.82) is 0 Å². The van der Waals surface area contributed by atoms with Gasteiger partial charge in [-0.1, -0.05) is 18.2 Å². The Hall–Kier alpha value is -1.94. The van der Waals surface area contributed by atoms with Gasteiger partial charge in [0.2, 0.25) is 5.88 Å². The van der Waals surface area contributed by atoms with Crippen molar-refractivity contribution in [2.24, 2.45) is 0 Å². The molecule has 0 amide bonds. The molecule has 94 valence electrons. The second-order valence-electron chi connectivity index (χ2n) is 3.94. The lowest BCUT2D eigenvalue weighted by Crippen LogP contribution is -2.13.